The first-order chi connectivity index (χ1) is 19.4. The van der Waals surface area contributed by atoms with E-state index in [0.717, 1.165) is 12.3 Å². The fraction of sp³-hybridized carbons (Fsp3) is 0.333. The third kappa shape index (κ3) is 5.79. The van der Waals surface area contributed by atoms with Gasteiger partial charge in [0.2, 0.25) is 5.75 Å². The van der Waals surface area contributed by atoms with E-state index >= 15 is 0 Å². The molecule has 1 unspecified atom stereocenters. The van der Waals surface area contributed by atoms with Crippen LogP contribution in [-0.4, -0.2) is 91.3 Å². The van der Waals surface area contributed by atoms with Crippen LogP contribution < -0.4 is 9.97 Å². The molecule has 0 bridgehead atoms. The van der Waals surface area contributed by atoms with E-state index < -0.39 is 71.4 Å². The Labute approximate surface area is 231 Å². The molecule has 214 valence electrons. The average molecular weight is 569 g/mol. The maximum atomic E-state index is 13.5. The lowest BCUT2D eigenvalue weighted by Gasteiger charge is -2.33. The Morgan fingerprint density at radius 3 is 2.66 bits per heavy atom. The number of aromatic nitrogens is 1. The topological polar surface area (TPSA) is 230 Å². The number of para-hydroxylation sites is 1. The van der Waals surface area contributed by atoms with Gasteiger partial charge < -0.3 is 30.1 Å². The molecular weight excluding hydrogens is 545 g/mol. The summed E-state index contributed by atoms with van der Waals surface area (Å²) < 4.78 is 5.41. The van der Waals surface area contributed by atoms with Gasteiger partial charge in [0.05, 0.1) is 22.4 Å². The number of amides is 4. The summed E-state index contributed by atoms with van der Waals surface area (Å²) in [6.07, 6.45) is 0.256. The molecule has 17 heteroatoms. The molecule has 4 amide bonds. The lowest BCUT2D eigenvalue weighted by atomic mass is 9.64. The number of imide groups is 1. The van der Waals surface area contributed by atoms with Crippen LogP contribution >= 0.6 is 0 Å². The van der Waals surface area contributed by atoms with Crippen molar-refractivity contribution in [3.8, 4) is 11.5 Å². The highest BCUT2D eigenvalue weighted by Gasteiger charge is 2.41. The van der Waals surface area contributed by atoms with Crippen LogP contribution in [0.15, 0.2) is 30.5 Å². The summed E-state index contributed by atoms with van der Waals surface area (Å²) in [5.74, 6) is -5.91. The molecule has 2 aliphatic heterocycles. The number of carbonyl (C=O) groups excluding carboxylic acids is 4. The van der Waals surface area contributed by atoms with Gasteiger partial charge in [0.15, 0.2) is 5.78 Å². The number of carboxylic acids is 1. The van der Waals surface area contributed by atoms with E-state index in [1.54, 1.807) is 13.0 Å². The highest BCUT2D eigenvalue weighted by atomic mass is 16.6. The summed E-state index contributed by atoms with van der Waals surface area (Å²) in [7, 11) is -1.62. The SMILES string of the molecule is CCN1CCN(C(=O)NC(C(=O)C[C@H]2Cc3cccc(C(=O)O)c3OB2O)c2cc([N+](=O)[O-])c(O)cn2)C(=O)C1=O. The van der Waals surface area contributed by atoms with Crippen LogP contribution in [0, 0.1) is 10.1 Å². The number of rotatable bonds is 8. The highest BCUT2D eigenvalue weighted by molar-refractivity contribution is 6.47. The third-order valence-corrected chi connectivity index (χ3v) is 6.82. The molecule has 1 aromatic heterocycles. The van der Waals surface area contributed by atoms with Gasteiger partial charge in [0.25, 0.3) is 0 Å². The molecule has 4 N–H and O–H groups in total. The number of carboxylic acid groups (broad SMARTS) is 1. The summed E-state index contributed by atoms with van der Waals surface area (Å²) in [5, 5.41) is 43.5. The number of urea groups is 1. The summed E-state index contributed by atoms with van der Waals surface area (Å²) in [5.41, 5.74) is -0.927. The Bertz CT molecular complexity index is 1450. The van der Waals surface area contributed by atoms with Gasteiger partial charge in [-0.2, -0.15) is 0 Å². The zero-order chi connectivity index (χ0) is 30.0. The second kappa shape index (κ2) is 11.6. The standard InChI is InChI=1S/C24H24BN5O11/c1-2-28-6-7-29(22(34)21(28)33)24(37)27-19(15-10-16(30(39)40)18(32)11-26-15)17(31)9-13-8-12-4-3-5-14(23(35)36)20(12)41-25(13)38/h3-5,10-11,13,19,32,38H,2,6-9H2,1H3,(H,27,37)(H,35,36)/t13-,19?/m1/s1. The van der Waals surface area contributed by atoms with Crippen LogP contribution in [0.5, 0.6) is 11.5 Å². The zero-order valence-corrected chi connectivity index (χ0v) is 21.6. The van der Waals surface area contributed by atoms with Gasteiger partial charge >= 0.3 is 36.6 Å². The minimum atomic E-state index is -1.70. The molecule has 1 aromatic carbocycles. The smallest absolute Gasteiger partial charge is 0.526 e. The summed E-state index contributed by atoms with van der Waals surface area (Å²) in [6.45, 7) is 1.78. The molecular formula is C24H24BN5O11. The van der Waals surface area contributed by atoms with Crippen LogP contribution in [0.25, 0.3) is 0 Å². The van der Waals surface area contributed by atoms with Crippen LogP contribution in [-0.2, 0) is 20.8 Å². The van der Waals surface area contributed by atoms with Gasteiger partial charge in [-0.15, -0.1) is 0 Å². The predicted molar refractivity (Wildman–Crippen MR) is 137 cm³/mol. The molecule has 2 atom stereocenters. The number of likely N-dealkylation sites (N-methyl/N-ethyl adjacent to an activating group) is 1. The predicted octanol–water partition coefficient (Wildman–Crippen LogP) is 0.280. The number of nitrogens with one attached hydrogen (secondary N) is 1. The maximum absolute atomic E-state index is 13.5. The maximum Gasteiger partial charge on any atom is 0.526 e. The number of nitro groups is 1. The Morgan fingerprint density at radius 1 is 1.27 bits per heavy atom. The van der Waals surface area contributed by atoms with E-state index in [-0.39, 0.29) is 43.1 Å². The minimum absolute atomic E-state index is 0.0130. The molecule has 0 radical (unpaired) electrons. The monoisotopic (exact) mass is 569 g/mol. The van der Waals surface area contributed by atoms with Crippen LogP contribution in [0.1, 0.15) is 41.0 Å². The number of Topliss-reactive ketones (excluding diaryl/α,β-unsaturated/α-hetero) is 1. The second-order valence-electron chi connectivity index (χ2n) is 9.32. The van der Waals surface area contributed by atoms with Gasteiger partial charge in [-0.25, -0.2) is 9.59 Å². The first-order valence-electron chi connectivity index (χ1n) is 12.4. The van der Waals surface area contributed by atoms with Crippen LogP contribution in [0.4, 0.5) is 10.5 Å². The van der Waals surface area contributed by atoms with Crippen molar-refractivity contribution in [2.24, 2.45) is 0 Å². The van der Waals surface area contributed by atoms with E-state index in [0.29, 0.717) is 10.5 Å². The number of ketones is 1. The average Bonchev–Trinajstić information content (AvgIpc) is 2.93. The molecule has 0 aliphatic carbocycles. The van der Waals surface area contributed by atoms with Crippen LogP contribution in [0.3, 0.4) is 0 Å². The number of benzene rings is 1. The van der Waals surface area contributed by atoms with E-state index in [4.69, 9.17) is 4.65 Å². The Balaban J connectivity index is 1.62. The number of fused-ring (bicyclic) bond motifs is 1. The molecule has 1 fully saturated rings. The fourth-order valence-electron chi connectivity index (χ4n) is 4.65. The number of aromatic hydroxyl groups is 1. The fourth-order valence-corrected chi connectivity index (χ4v) is 4.65. The molecule has 3 heterocycles. The van der Waals surface area contributed by atoms with Crippen molar-refractivity contribution in [2.45, 2.75) is 31.6 Å². The number of pyridine rings is 1. The number of aromatic carboxylic acids is 1. The summed E-state index contributed by atoms with van der Waals surface area (Å²) in [4.78, 5) is 79.1. The van der Waals surface area contributed by atoms with Crippen molar-refractivity contribution in [3.63, 3.8) is 0 Å². The van der Waals surface area contributed by atoms with Crippen molar-refractivity contribution in [1.82, 2.24) is 20.1 Å². The molecule has 41 heavy (non-hydrogen) atoms. The summed E-state index contributed by atoms with van der Waals surface area (Å²) >= 11 is 0. The molecule has 4 rings (SSSR count). The minimum Gasteiger partial charge on any atom is -0.535 e. The van der Waals surface area contributed by atoms with E-state index in [1.807, 2.05) is 0 Å². The van der Waals surface area contributed by atoms with Crippen molar-refractivity contribution >= 4 is 42.4 Å². The van der Waals surface area contributed by atoms with Gasteiger partial charge in [0, 0.05) is 37.9 Å². The third-order valence-electron chi connectivity index (χ3n) is 6.82. The number of nitrogens with zero attached hydrogens (tertiary/aromatic N) is 4. The van der Waals surface area contributed by atoms with Gasteiger partial charge in [-0.05, 0) is 25.0 Å². The molecule has 1 saturated heterocycles. The first-order valence-corrected chi connectivity index (χ1v) is 12.4. The number of hydrogen-bond acceptors (Lipinski definition) is 11. The first kappa shape index (κ1) is 28.9. The number of carbonyl (C=O) groups is 5. The van der Waals surface area contributed by atoms with Crippen molar-refractivity contribution in [3.05, 3.63) is 57.4 Å². The number of hydrogen-bond donors (Lipinski definition) is 4. The Morgan fingerprint density at radius 2 is 2.00 bits per heavy atom. The zero-order valence-electron chi connectivity index (χ0n) is 21.6. The molecule has 0 saturated carbocycles. The van der Waals surface area contributed by atoms with E-state index in [2.05, 4.69) is 10.3 Å². The number of piperazine rings is 1. The van der Waals surface area contributed by atoms with Crippen molar-refractivity contribution < 1.29 is 48.8 Å². The summed E-state index contributed by atoms with van der Waals surface area (Å²) in [6, 6.07) is 2.28. The molecule has 0 spiro atoms. The Kier molecular flexibility index (Phi) is 8.18. The van der Waals surface area contributed by atoms with Crippen molar-refractivity contribution in [2.75, 3.05) is 19.6 Å². The van der Waals surface area contributed by atoms with Crippen molar-refractivity contribution in [1.29, 1.82) is 0 Å². The normalized spacial score (nSPS) is 17.4. The van der Waals surface area contributed by atoms with Gasteiger partial charge in [-0.3, -0.25) is 34.4 Å². The lowest BCUT2D eigenvalue weighted by Crippen LogP contribution is -2.58. The lowest BCUT2D eigenvalue weighted by molar-refractivity contribution is -0.386. The molecule has 2 aliphatic rings. The van der Waals surface area contributed by atoms with Gasteiger partial charge in [-0.1, -0.05) is 12.1 Å². The second-order valence-corrected chi connectivity index (χ2v) is 9.32. The van der Waals surface area contributed by atoms with Crippen LogP contribution in [0.2, 0.25) is 5.82 Å². The van der Waals surface area contributed by atoms with Gasteiger partial charge in [0.1, 0.15) is 11.8 Å². The highest BCUT2D eigenvalue weighted by Crippen LogP contribution is 2.37. The molecule has 2 aromatic rings. The van der Waals surface area contributed by atoms with E-state index in [9.17, 15) is 49.3 Å². The van der Waals surface area contributed by atoms with E-state index in [1.165, 1.54) is 17.0 Å². The quantitative estimate of drug-likeness (QED) is 0.145. The largest absolute Gasteiger partial charge is 0.535 e. The Hall–Kier alpha value is -5.06. The molecule has 16 nitrogen and oxygen atoms in total.